The van der Waals surface area contributed by atoms with Crippen molar-refractivity contribution >= 4 is 23.8 Å². The molecule has 9 aliphatic rings. The van der Waals surface area contributed by atoms with Crippen LogP contribution >= 0.6 is 0 Å². The molecule has 3 saturated heterocycles. The third-order valence-electron chi connectivity index (χ3n) is 15.8. The Hall–Kier alpha value is -2.43. The van der Waals surface area contributed by atoms with E-state index in [1.165, 1.54) is 108 Å². The Morgan fingerprint density at radius 2 is 1.24 bits per heavy atom. The molecule has 0 spiro atoms. The molecule has 0 aromatic heterocycles. The number of benzene rings is 2. The Labute approximate surface area is 277 Å². The minimum atomic E-state index is 0.555. The van der Waals surface area contributed by atoms with Gasteiger partial charge in [-0.2, -0.15) is 0 Å². The minimum absolute atomic E-state index is 0.555. The number of hydrogen-bond donors (Lipinski definition) is 0. The van der Waals surface area contributed by atoms with Crippen molar-refractivity contribution in [2.75, 3.05) is 4.90 Å². The lowest BCUT2D eigenvalue weighted by atomic mass is 9.23. The maximum atomic E-state index is 5.87. The molecule has 5 saturated carbocycles. The summed E-state index contributed by atoms with van der Waals surface area (Å²) < 4.78 is 0. The number of rotatable bonds is 2. The van der Waals surface area contributed by atoms with Crippen molar-refractivity contribution in [1.82, 2.24) is 9.80 Å². The van der Waals surface area contributed by atoms with Gasteiger partial charge in [0, 0.05) is 41.8 Å². The van der Waals surface area contributed by atoms with E-state index in [1.807, 2.05) is 0 Å². The number of nitrogens with zero attached hydrogens (tertiary/aromatic N) is 4. The molecular weight excluding hydrogens is 559 g/mol. The van der Waals surface area contributed by atoms with Gasteiger partial charge in [0.15, 0.2) is 12.7 Å². The van der Waals surface area contributed by atoms with Crippen LogP contribution < -0.4 is 10.4 Å². The van der Waals surface area contributed by atoms with Crippen molar-refractivity contribution in [3.63, 3.8) is 0 Å². The number of para-hydroxylation sites is 1. The van der Waals surface area contributed by atoms with Gasteiger partial charge in [0.2, 0.25) is 0 Å². The SMILES string of the molecule is c1ccc(B2C3CCCCC3N3C4=NC5CCCCC5N4C4CC5C6CCCCC6N(c6ccccc6)C5C5CCC2C3C54)cc1. The molecule has 4 nitrogen and oxygen atoms in total. The molecule has 0 amide bonds. The highest BCUT2D eigenvalue weighted by Crippen LogP contribution is 2.64. The summed E-state index contributed by atoms with van der Waals surface area (Å²) in [5, 5.41) is 0. The van der Waals surface area contributed by atoms with Crippen LogP contribution in [-0.4, -0.2) is 64.8 Å². The summed E-state index contributed by atoms with van der Waals surface area (Å²) in [4.78, 5) is 15.2. The lowest BCUT2D eigenvalue weighted by molar-refractivity contribution is -0.0755. The van der Waals surface area contributed by atoms with E-state index in [0.717, 1.165) is 54.1 Å². The van der Waals surface area contributed by atoms with Crippen molar-refractivity contribution in [2.45, 2.75) is 150 Å². The van der Waals surface area contributed by atoms with E-state index in [2.05, 4.69) is 75.4 Å². The zero-order valence-electron chi connectivity index (χ0n) is 27.8. The van der Waals surface area contributed by atoms with Gasteiger partial charge in [-0.05, 0) is 86.5 Å². The van der Waals surface area contributed by atoms with E-state index in [0.29, 0.717) is 30.2 Å². The van der Waals surface area contributed by atoms with Crippen LogP contribution in [0.15, 0.2) is 65.7 Å². The van der Waals surface area contributed by atoms with Gasteiger partial charge < -0.3 is 14.7 Å². The summed E-state index contributed by atoms with van der Waals surface area (Å²) in [6, 6.07) is 28.5. The minimum Gasteiger partial charge on any atom is -0.365 e. The quantitative estimate of drug-likeness (QED) is 0.326. The molecule has 8 fully saturated rings. The fourth-order valence-corrected chi connectivity index (χ4v) is 14.6. The van der Waals surface area contributed by atoms with Gasteiger partial charge in [0.1, 0.15) is 0 Å². The zero-order valence-corrected chi connectivity index (χ0v) is 27.8. The molecule has 13 atom stereocenters. The predicted octanol–water partition coefficient (Wildman–Crippen LogP) is 7.61. The van der Waals surface area contributed by atoms with Crippen LogP contribution in [0.2, 0.25) is 11.6 Å². The predicted molar refractivity (Wildman–Crippen MR) is 189 cm³/mol. The van der Waals surface area contributed by atoms with E-state index in [-0.39, 0.29) is 0 Å². The smallest absolute Gasteiger partial charge is 0.198 e. The Bertz CT molecular complexity index is 1480. The summed E-state index contributed by atoms with van der Waals surface area (Å²) >= 11 is 0. The van der Waals surface area contributed by atoms with Crippen LogP contribution in [0.3, 0.4) is 0 Å². The second-order valence-corrected chi connectivity index (χ2v) is 17.3. The standard InChI is InChI=1S/C41H53BN4/c1-3-13-26(14-4-1)42-31-18-8-11-21-35(31)46-40-32(42)24-23-29-38(40)37(45-36-22-12-9-19-33(36)43-41(45)46)25-30-28-17-7-10-20-34(28)44(39(29)30)27-15-5-2-6-16-27/h1-6,13-16,28-40H,7-12,17-25H2. The number of anilines is 1. The number of guanidine groups is 1. The number of aliphatic imine (C=N–C) groups is 1. The first kappa shape index (κ1) is 27.5. The lowest BCUT2D eigenvalue weighted by Crippen LogP contribution is -2.78. The van der Waals surface area contributed by atoms with Gasteiger partial charge >= 0.3 is 0 Å². The maximum absolute atomic E-state index is 5.87. The lowest BCUT2D eigenvalue weighted by Gasteiger charge is -2.69. The number of hydrogen-bond acceptors (Lipinski definition) is 4. The number of fused-ring (bicyclic) bond motifs is 11. The van der Waals surface area contributed by atoms with Gasteiger partial charge in [0.05, 0.1) is 12.1 Å². The Balaban J connectivity index is 1.08. The second kappa shape index (κ2) is 10.5. The van der Waals surface area contributed by atoms with Crippen molar-refractivity contribution in [2.24, 2.45) is 28.7 Å². The molecule has 13 unspecified atom stereocenters. The monoisotopic (exact) mass is 612 g/mol. The summed E-state index contributed by atoms with van der Waals surface area (Å²) in [5.41, 5.74) is 3.20. The van der Waals surface area contributed by atoms with Gasteiger partial charge in [-0.25, -0.2) is 4.99 Å². The molecule has 46 heavy (non-hydrogen) atoms. The normalized spacial score (nSPS) is 45.1. The van der Waals surface area contributed by atoms with E-state index in [4.69, 9.17) is 4.99 Å². The molecule has 2 aromatic carbocycles. The van der Waals surface area contributed by atoms with Crippen molar-refractivity contribution < 1.29 is 0 Å². The average Bonchev–Trinajstić information content (AvgIpc) is 3.67. The zero-order chi connectivity index (χ0) is 29.9. The fourth-order valence-electron chi connectivity index (χ4n) is 14.6. The van der Waals surface area contributed by atoms with Crippen LogP contribution in [0.5, 0.6) is 0 Å². The molecule has 0 radical (unpaired) electrons. The third kappa shape index (κ3) is 3.72. The summed E-state index contributed by atoms with van der Waals surface area (Å²) in [6.07, 6.45) is 21.2. The molecule has 2 aromatic rings. The molecule has 240 valence electrons. The molecule has 0 bridgehead atoms. The van der Waals surface area contributed by atoms with Crippen LogP contribution in [0.1, 0.15) is 96.3 Å². The molecule has 4 aliphatic heterocycles. The van der Waals surface area contributed by atoms with E-state index < -0.39 is 0 Å². The van der Waals surface area contributed by atoms with Crippen molar-refractivity contribution in [1.29, 1.82) is 0 Å². The molecule has 0 N–H and O–H groups in total. The van der Waals surface area contributed by atoms with Crippen LogP contribution in [0.25, 0.3) is 0 Å². The summed E-state index contributed by atoms with van der Waals surface area (Å²) in [7, 11) is 0. The second-order valence-electron chi connectivity index (χ2n) is 17.3. The first-order valence-electron chi connectivity index (χ1n) is 19.9. The maximum Gasteiger partial charge on any atom is 0.198 e. The molecule has 5 heteroatoms. The Morgan fingerprint density at radius 3 is 2.09 bits per heavy atom. The van der Waals surface area contributed by atoms with Crippen LogP contribution in [0.4, 0.5) is 5.69 Å². The summed E-state index contributed by atoms with van der Waals surface area (Å²) in [5.74, 6) is 6.38. The molecule has 4 heterocycles. The van der Waals surface area contributed by atoms with Crippen molar-refractivity contribution in [3.05, 3.63) is 60.7 Å². The molecular formula is C41H53BN4. The fraction of sp³-hybridized carbons (Fsp3) is 0.683. The molecule has 5 aliphatic carbocycles. The van der Waals surface area contributed by atoms with E-state index >= 15 is 0 Å². The summed E-state index contributed by atoms with van der Waals surface area (Å²) in [6.45, 7) is 0.722. The van der Waals surface area contributed by atoms with Crippen LogP contribution in [0, 0.1) is 23.7 Å². The topological polar surface area (TPSA) is 22.1 Å². The first-order valence-corrected chi connectivity index (χ1v) is 19.9. The van der Waals surface area contributed by atoms with Gasteiger partial charge in [-0.15, -0.1) is 0 Å². The first-order chi connectivity index (χ1) is 22.9. The van der Waals surface area contributed by atoms with Gasteiger partial charge in [0.25, 0.3) is 0 Å². The van der Waals surface area contributed by atoms with Gasteiger partial charge in [-0.1, -0.05) is 105 Å². The highest BCUT2D eigenvalue weighted by Gasteiger charge is 2.69. The highest BCUT2D eigenvalue weighted by atomic mass is 15.5. The highest BCUT2D eigenvalue weighted by molar-refractivity contribution is 6.76. The largest absolute Gasteiger partial charge is 0.365 e. The third-order valence-corrected chi connectivity index (χ3v) is 15.8. The average molecular weight is 613 g/mol. The van der Waals surface area contributed by atoms with Gasteiger partial charge in [-0.3, -0.25) is 0 Å². The van der Waals surface area contributed by atoms with E-state index in [1.54, 1.807) is 5.46 Å². The van der Waals surface area contributed by atoms with Crippen LogP contribution in [-0.2, 0) is 0 Å². The van der Waals surface area contributed by atoms with E-state index in [9.17, 15) is 0 Å². The Morgan fingerprint density at radius 1 is 0.522 bits per heavy atom. The van der Waals surface area contributed by atoms with Crippen molar-refractivity contribution in [3.8, 4) is 0 Å². The Kier molecular flexibility index (Phi) is 6.30. The molecule has 11 rings (SSSR count).